The average Bonchev–Trinajstić information content (AvgIpc) is 2.57. The maximum atomic E-state index is 9.44. The minimum absolute atomic E-state index is 0.159. The van der Waals surface area contributed by atoms with Crippen molar-refractivity contribution in [2.45, 2.75) is 25.3 Å². The summed E-state index contributed by atoms with van der Waals surface area (Å²) < 4.78 is 1.14. The standard InChI is InChI=1S/C12H15BrN2S/c1-15(2)11(9-4-5-10(13)16-9)12(8-14)6-3-7-12/h4-5,11H,3,6-7H2,1-2H3. The van der Waals surface area contributed by atoms with Gasteiger partial charge in [-0.05, 0) is 55.0 Å². The zero-order chi connectivity index (χ0) is 11.8. The molecule has 1 aliphatic carbocycles. The summed E-state index contributed by atoms with van der Waals surface area (Å²) in [6, 6.07) is 7.00. The van der Waals surface area contributed by atoms with Crippen molar-refractivity contribution in [3.05, 3.63) is 20.8 Å². The Kier molecular flexibility index (Phi) is 3.39. The second kappa shape index (κ2) is 4.48. The van der Waals surface area contributed by atoms with Crippen LogP contribution in [0, 0.1) is 16.7 Å². The predicted molar refractivity (Wildman–Crippen MR) is 70.3 cm³/mol. The van der Waals surface area contributed by atoms with Gasteiger partial charge >= 0.3 is 0 Å². The van der Waals surface area contributed by atoms with Gasteiger partial charge in [0.15, 0.2) is 0 Å². The Morgan fingerprint density at radius 3 is 2.50 bits per heavy atom. The summed E-state index contributed by atoms with van der Waals surface area (Å²) in [5, 5.41) is 9.44. The maximum Gasteiger partial charge on any atom is 0.0778 e. The highest BCUT2D eigenvalue weighted by Gasteiger charge is 2.46. The minimum Gasteiger partial charge on any atom is -0.300 e. The van der Waals surface area contributed by atoms with Crippen molar-refractivity contribution < 1.29 is 0 Å². The fourth-order valence-electron chi connectivity index (χ4n) is 2.50. The van der Waals surface area contributed by atoms with E-state index in [1.807, 2.05) is 0 Å². The highest BCUT2D eigenvalue weighted by Crippen LogP contribution is 2.53. The second-order valence-corrected chi connectivity index (χ2v) is 7.12. The molecule has 2 rings (SSSR count). The van der Waals surface area contributed by atoms with Crippen molar-refractivity contribution in [2.24, 2.45) is 5.41 Å². The highest BCUT2D eigenvalue weighted by molar-refractivity contribution is 9.11. The van der Waals surface area contributed by atoms with Gasteiger partial charge < -0.3 is 4.90 Å². The topological polar surface area (TPSA) is 27.0 Å². The summed E-state index contributed by atoms with van der Waals surface area (Å²) in [5.74, 6) is 0. The second-order valence-electron chi connectivity index (χ2n) is 4.63. The first-order chi connectivity index (χ1) is 7.59. The van der Waals surface area contributed by atoms with Crippen molar-refractivity contribution >= 4 is 27.3 Å². The van der Waals surface area contributed by atoms with E-state index < -0.39 is 0 Å². The number of halogens is 1. The fourth-order valence-corrected chi connectivity index (χ4v) is 4.24. The van der Waals surface area contributed by atoms with Crippen LogP contribution in [0.2, 0.25) is 0 Å². The molecule has 0 amide bonds. The summed E-state index contributed by atoms with van der Waals surface area (Å²) in [4.78, 5) is 3.47. The van der Waals surface area contributed by atoms with Crippen LogP contribution in [0.4, 0.5) is 0 Å². The van der Waals surface area contributed by atoms with Gasteiger partial charge in [0.25, 0.3) is 0 Å². The van der Waals surface area contributed by atoms with E-state index in [0.717, 1.165) is 16.6 Å². The van der Waals surface area contributed by atoms with Crippen LogP contribution in [-0.2, 0) is 0 Å². The lowest BCUT2D eigenvalue weighted by molar-refractivity contribution is 0.0772. The van der Waals surface area contributed by atoms with Gasteiger partial charge in [-0.3, -0.25) is 0 Å². The van der Waals surface area contributed by atoms with E-state index in [0.29, 0.717) is 0 Å². The van der Waals surface area contributed by atoms with Crippen molar-refractivity contribution in [1.29, 1.82) is 5.26 Å². The third-order valence-electron chi connectivity index (χ3n) is 3.37. The summed E-state index contributed by atoms with van der Waals surface area (Å²) in [6.07, 6.45) is 3.24. The van der Waals surface area contributed by atoms with Crippen LogP contribution in [0.5, 0.6) is 0 Å². The van der Waals surface area contributed by atoms with Crippen molar-refractivity contribution in [3.8, 4) is 6.07 Å². The summed E-state index contributed by atoms with van der Waals surface area (Å²) in [6.45, 7) is 0. The number of hydrogen-bond donors (Lipinski definition) is 0. The molecule has 1 aromatic heterocycles. The van der Waals surface area contributed by atoms with Gasteiger partial charge in [-0.1, -0.05) is 6.42 Å². The van der Waals surface area contributed by atoms with Gasteiger partial charge in [-0.25, -0.2) is 0 Å². The van der Waals surface area contributed by atoms with Crippen LogP contribution in [0.1, 0.15) is 30.2 Å². The number of thiophene rings is 1. The Hall–Kier alpha value is -0.370. The molecule has 1 heterocycles. The molecule has 0 radical (unpaired) electrons. The van der Waals surface area contributed by atoms with E-state index in [1.54, 1.807) is 11.3 Å². The first-order valence-electron chi connectivity index (χ1n) is 5.42. The predicted octanol–water partition coefficient (Wildman–Crippen LogP) is 3.81. The summed E-state index contributed by atoms with van der Waals surface area (Å²) in [5.41, 5.74) is -0.159. The molecule has 1 atom stereocenters. The number of nitrogens with zero attached hydrogens (tertiary/aromatic N) is 2. The van der Waals surface area contributed by atoms with Gasteiger partial charge in [-0.15, -0.1) is 11.3 Å². The molecule has 0 aliphatic heterocycles. The van der Waals surface area contributed by atoms with Gasteiger partial charge in [0.2, 0.25) is 0 Å². The Labute approximate surface area is 109 Å². The lowest BCUT2D eigenvalue weighted by atomic mass is 9.64. The smallest absolute Gasteiger partial charge is 0.0778 e. The first kappa shape index (κ1) is 12.1. The molecule has 2 nitrogen and oxygen atoms in total. The third kappa shape index (κ3) is 1.92. The molecular weight excluding hydrogens is 284 g/mol. The lowest BCUT2D eigenvalue weighted by Gasteiger charge is -2.44. The van der Waals surface area contributed by atoms with E-state index in [9.17, 15) is 5.26 Å². The van der Waals surface area contributed by atoms with Crippen LogP contribution in [0.15, 0.2) is 15.9 Å². The largest absolute Gasteiger partial charge is 0.300 e. The van der Waals surface area contributed by atoms with Crippen molar-refractivity contribution in [1.82, 2.24) is 4.90 Å². The van der Waals surface area contributed by atoms with Crippen molar-refractivity contribution in [2.75, 3.05) is 14.1 Å². The van der Waals surface area contributed by atoms with E-state index in [4.69, 9.17) is 0 Å². The molecule has 86 valence electrons. The Morgan fingerprint density at radius 1 is 1.50 bits per heavy atom. The normalized spacial score (nSPS) is 20.2. The quantitative estimate of drug-likeness (QED) is 0.848. The molecule has 1 aliphatic rings. The minimum atomic E-state index is -0.159. The van der Waals surface area contributed by atoms with E-state index in [1.165, 1.54) is 11.3 Å². The zero-order valence-electron chi connectivity index (χ0n) is 9.53. The van der Waals surface area contributed by atoms with Crippen LogP contribution < -0.4 is 0 Å². The molecule has 16 heavy (non-hydrogen) atoms. The lowest BCUT2D eigenvalue weighted by Crippen LogP contribution is -2.41. The molecule has 1 fully saturated rings. The molecular formula is C12H15BrN2S. The number of rotatable bonds is 3. The van der Waals surface area contributed by atoms with E-state index >= 15 is 0 Å². The fraction of sp³-hybridized carbons (Fsp3) is 0.583. The molecule has 0 saturated heterocycles. The molecule has 1 aromatic rings. The van der Waals surface area contributed by atoms with Crippen LogP contribution in [-0.4, -0.2) is 19.0 Å². The zero-order valence-corrected chi connectivity index (χ0v) is 11.9. The Morgan fingerprint density at radius 2 is 2.19 bits per heavy atom. The number of hydrogen-bond acceptors (Lipinski definition) is 3. The average molecular weight is 299 g/mol. The molecule has 0 N–H and O–H groups in total. The highest BCUT2D eigenvalue weighted by atomic mass is 79.9. The van der Waals surface area contributed by atoms with Gasteiger partial charge in [-0.2, -0.15) is 5.26 Å². The number of nitriles is 1. The van der Waals surface area contributed by atoms with Crippen LogP contribution >= 0.6 is 27.3 Å². The maximum absolute atomic E-state index is 9.44. The van der Waals surface area contributed by atoms with Crippen molar-refractivity contribution in [3.63, 3.8) is 0 Å². The Bertz CT molecular complexity index is 415. The monoisotopic (exact) mass is 298 g/mol. The SMILES string of the molecule is CN(C)C(c1ccc(Br)s1)C1(C#N)CCC1. The van der Waals surface area contributed by atoms with Gasteiger partial charge in [0, 0.05) is 4.88 Å². The molecule has 0 spiro atoms. The van der Waals surface area contributed by atoms with Gasteiger partial charge in [0.1, 0.15) is 0 Å². The van der Waals surface area contributed by atoms with E-state index in [2.05, 4.69) is 53.1 Å². The van der Waals surface area contributed by atoms with E-state index in [-0.39, 0.29) is 11.5 Å². The summed E-state index contributed by atoms with van der Waals surface area (Å²) in [7, 11) is 4.13. The summed E-state index contributed by atoms with van der Waals surface area (Å²) >= 11 is 5.23. The molecule has 4 heteroatoms. The third-order valence-corrected chi connectivity index (χ3v) is 5.05. The van der Waals surface area contributed by atoms with Gasteiger partial charge in [0.05, 0.1) is 21.3 Å². The Balaban J connectivity index is 2.35. The molecule has 0 bridgehead atoms. The van der Waals surface area contributed by atoms with Crippen LogP contribution in [0.25, 0.3) is 0 Å². The molecule has 1 unspecified atom stereocenters. The van der Waals surface area contributed by atoms with Crippen LogP contribution in [0.3, 0.4) is 0 Å². The molecule has 0 aromatic carbocycles. The first-order valence-corrected chi connectivity index (χ1v) is 7.03. The molecule has 1 saturated carbocycles.